The van der Waals surface area contributed by atoms with Gasteiger partial charge in [0, 0.05) is 24.8 Å². The summed E-state index contributed by atoms with van der Waals surface area (Å²) in [5, 5.41) is 0. The minimum atomic E-state index is 0.269. The molecule has 0 saturated carbocycles. The molecule has 3 nitrogen and oxygen atoms in total. The van der Waals surface area contributed by atoms with Crippen LogP contribution in [0.25, 0.3) is 0 Å². The molecule has 0 heterocycles. The molecule has 1 aromatic rings. The highest BCUT2D eigenvalue weighted by molar-refractivity contribution is 5.75. The maximum Gasteiger partial charge on any atom is 0.150 e. The number of anilines is 1. The van der Waals surface area contributed by atoms with Crippen molar-refractivity contribution in [3.05, 3.63) is 29.8 Å². The monoisotopic (exact) mass is 221 g/mol. The van der Waals surface area contributed by atoms with Crippen molar-refractivity contribution in [2.24, 2.45) is 0 Å². The molecule has 0 aliphatic heterocycles. The average molecular weight is 221 g/mol. The molecule has 0 radical (unpaired) electrons. The van der Waals surface area contributed by atoms with Gasteiger partial charge in [0.25, 0.3) is 0 Å². The maximum absolute atomic E-state index is 10.5. The second-order valence-corrected chi connectivity index (χ2v) is 4.05. The van der Waals surface area contributed by atoms with Gasteiger partial charge in [0.05, 0.1) is 12.7 Å². The second kappa shape index (κ2) is 6.28. The molecule has 0 aliphatic carbocycles. The number of aldehydes is 1. The lowest BCUT2D eigenvalue weighted by molar-refractivity contribution is 0.0846. The smallest absolute Gasteiger partial charge is 0.150 e. The Kier molecular flexibility index (Phi) is 4.99. The van der Waals surface area contributed by atoms with Gasteiger partial charge in [-0.05, 0) is 38.1 Å². The predicted octanol–water partition coefficient (Wildman–Crippen LogP) is 2.36. The van der Waals surface area contributed by atoms with Crippen molar-refractivity contribution < 1.29 is 9.53 Å². The molecule has 1 rings (SSSR count). The summed E-state index contributed by atoms with van der Waals surface area (Å²) in [6, 6.07) is 7.53. The van der Waals surface area contributed by atoms with E-state index in [0.717, 1.165) is 18.5 Å². The van der Waals surface area contributed by atoms with Gasteiger partial charge in [-0.1, -0.05) is 0 Å². The van der Waals surface area contributed by atoms with Crippen LogP contribution in [0.4, 0.5) is 5.69 Å². The van der Waals surface area contributed by atoms with Crippen molar-refractivity contribution >= 4 is 12.0 Å². The molecule has 0 bridgehead atoms. The van der Waals surface area contributed by atoms with Crippen LogP contribution in [-0.2, 0) is 4.74 Å². The molecule has 88 valence electrons. The Hall–Kier alpha value is -1.35. The molecule has 0 aromatic heterocycles. The maximum atomic E-state index is 10.5. The minimum absolute atomic E-state index is 0.269. The van der Waals surface area contributed by atoms with Crippen LogP contribution in [0.3, 0.4) is 0 Å². The Morgan fingerprint density at radius 1 is 1.31 bits per heavy atom. The van der Waals surface area contributed by atoms with Gasteiger partial charge in [-0.2, -0.15) is 0 Å². The van der Waals surface area contributed by atoms with E-state index < -0.39 is 0 Å². The molecule has 16 heavy (non-hydrogen) atoms. The van der Waals surface area contributed by atoms with Crippen LogP contribution < -0.4 is 4.90 Å². The molecular weight excluding hydrogens is 202 g/mol. The summed E-state index contributed by atoms with van der Waals surface area (Å²) < 4.78 is 5.48. The Labute approximate surface area is 97.0 Å². The highest BCUT2D eigenvalue weighted by Gasteiger charge is 2.01. The molecule has 3 heteroatoms. The van der Waals surface area contributed by atoms with Gasteiger partial charge in [-0.3, -0.25) is 4.79 Å². The second-order valence-electron chi connectivity index (χ2n) is 4.05. The van der Waals surface area contributed by atoms with Gasteiger partial charge in [-0.25, -0.2) is 0 Å². The molecule has 0 amide bonds. The van der Waals surface area contributed by atoms with E-state index in [1.165, 1.54) is 0 Å². The molecule has 0 N–H and O–H groups in total. The normalized spacial score (nSPS) is 10.5. The minimum Gasteiger partial charge on any atom is -0.377 e. The summed E-state index contributed by atoms with van der Waals surface area (Å²) in [5.41, 5.74) is 1.80. The molecule has 0 spiro atoms. The predicted molar refractivity (Wildman–Crippen MR) is 66.2 cm³/mol. The molecule has 0 aliphatic rings. The van der Waals surface area contributed by atoms with Gasteiger partial charge in [0.2, 0.25) is 0 Å². The van der Waals surface area contributed by atoms with Crippen LogP contribution in [0.1, 0.15) is 24.2 Å². The highest BCUT2D eigenvalue weighted by Crippen LogP contribution is 2.12. The number of nitrogens with zero attached hydrogens (tertiary/aromatic N) is 1. The van der Waals surface area contributed by atoms with Crippen LogP contribution in [-0.4, -0.2) is 32.6 Å². The first-order valence-electron chi connectivity index (χ1n) is 5.51. The van der Waals surface area contributed by atoms with Crippen molar-refractivity contribution in [2.75, 3.05) is 25.1 Å². The molecule has 0 atom stereocenters. The lowest BCUT2D eigenvalue weighted by atomic mass is 10.2. The Morgan fingerprint density at radius 2 is 1.94 bits per heavy atom. The van der Waals surface area contributed by atoms with E-state index in [-0.39, 0.29) is 6.10 Å². The third-order valence-corrected chi connectivity index (χ3v) is 2.35. The van der Waals surface area contributed by atoms with Crippen molar-refractivity contribution in [1.82, 2.24) is 0 Å². The van der Waals surface area contributed by atoms with Gasteiger partial charge < -0.3 is 9.64 Å². The molecule has 0 unspecified atom stereocenters. The Bertz CT molecular complexity index is 319. The van der Waals surface area contributed by atoms with Crippen LogP contribution in [0, 0.1) is 0 Å². The quantitative estimate of drug-likeness (QED) is 0.691. The van der Waals surface area contributed by atoms with E-state index >= 15 is 0 Å². The zero-order valence-corrected chi connectivity index (χ0v) is 10.1. The number of carbonyl (C=O) groups is 1. The number of hydrogen-bond donors (Lipinski definition) is 0. The topological polar surface area (TPSA) is 29.5 Å². The third-order valence-electron chi connectivity index (χ3n) is 2.35. The first kappa shape index (κ1) is 12.7. The Morgan fingerprint density at radius 3 is 2.44 bits per heavy atom. The average Bonchev–Trinajstić information content (AvgIpc) is 2.28. The Balaban J connectivity index is 2.46. The largest absolute Gasteiger partial charge is 0.377 e. The molecule has 1 aromatic carbocycles. The van der Waals surface area contributed by atoms with Crippen molar-refractivity contribution in [3.8, 4) is 0 Å². The summed E-state index contributed by atoms with van der Waals surface area (Å²) in [7, 11) is 2.01. The molecular formula is C13H19NO2. The first-order chi connectivity index (χ1) is 7.63. The van der Waals surface area contributed by atoms with E-state index in [1.807, 2.05) is 45.2 Å². The van der Waals surface area contributed by atoms with Crippen molar-refractivity contribution in [3.63, 3.8) is 0 Å². The summed E-state index contributed by atoms with van der Waals surface area (Å²) >= 11 is 0. The SMILES string of the molecule is CC(C)OCCN(C)c1ccc(C=O)cc1. The van der Waals surface area contributed by atoms with Crippen molar-refractivity contribution in [2.45, 2.75) is 20.0 Å². The van der Waals surface area contributed by atoms with E-state index in [4.69, 9.17) is 4.74 Å². The molecule has 0 saturated heterocycles. The van der Waals surface area contributed by atoms with Crippen LogP contribution >= 0.6 is 0 Å². The number of hydrogen-bond acceptors (Lipinski definition) is 3. The van der Waals surface area contributed by atoms with Gasteiger partial charge in [0.15, 0.2) is 0 Å². The summed E-state index contributed by atoms with van der Waals surface area (Å²) in [5.74, 6) is 0. The van der Waals surface area contributed by atoms with E-state index in [0.29, 0.717) is 12.2 Å². The van der Waals surface area contributed by atoms with Crippen LogP contribution in [0.15, 0.2) is 24.3 Å². The standard InChI is InChI=1S/C13H19NO2/c1-11(2)16-9-8-14(3)13-6-4-12(10-15)5-7-13/h4-7,10-11H,8-9H2,1-3H3. The fourth-order valence-corrected chi connectivity index (χ4v) is 1.36. The summed E-state index contributed by atoms with van der Waals surface area (Å²) in [6.07, 6.45) is 1.12. The number of ether oxygens (including phenoxy) is 1. The summed E-state index contributed by atoms with van der Waals surface area (Å²) in [6.45, 7) is 5.61. The third kappa shape index (κ3) is 4.03. The fraction of sp³-hybridized carbons (Fsp3) is 0.462. The van der Waals surface area contributed by atoms with E-state index in [2.05, 4.69) is 4.90 Å². The van der Waals surface area contributed by atoms with Crippen LogP contribution in [0.2, 0.25) is 0 Å². The number of carbonyl (C=O) groups excluding carboxylic acids is 1. The van der Waals surface area contributed by atoms with Gasteiger partial charge in [0.1, 0.15) is 6.29 Å². The molecule has 0 fully saturated rings. The van der Waals surface area contributed by atoms with Gasteiger partial charge in [-0.15, -0.1) is 0 Å². The summed E-state index contributed by atoms with van der Waals surface area (Å²) in [4.78, 5) is 12.6. The zero-order valence-electron chi connectivity index (χ0n) is 10.1. The van der Waals surface area contributed by atoms with E-state index in [1.54, 1.807) is 0 Å². The zero-order chi connectivity index (χ0) is 12.0. The number of benzene rings is 1. The number of likely N-dealkylation sites (N-methyl/N-ethyl adjacent to an activating group) is 1. The van der Waals surface area contributed by atoms with Crippen LogP contribution in [0.5, 0.6) is 0 Å². The lowest BCUT2D eigenvalue weighted by Crippen LogP contribution is -2.23. The van der Waals surface area contributed by atoms with Gasteiger partial charge >= 0.3 is 0 Å². The first-order valence-corrected chi connectivity index (χ1v) is 5.51. The fourth-order valence-electron chi connectivity index (χ4n) is 1.36. The van der Waals surface area contributed by atoms with E-state index in [9.17, 15) is 4.79 Å². The lowest BCUT2D eigenvalue weighted by Gasteiger charge is -2.20. The number of rotatable bonds is 6. The van der Waals surface area contributed by atoms with Crippen molar-refractivity contribution in [1.29, 1.82) is 0 Å². The highest BCUT2D eigenvalue weighted by atomic mass is 16.5.